The van der Waals surface area contributed by atoms with Crippen LogP contribution in [0.1, 0.15) is 6.92 Å². The summed E-state index contributed by atoms with van der Waals surface area (Å²) in [4.78, 5) is 20.1. The maximum Gasteiger partial charge on any atom is 0.227 e. The predicted molar refractivity (Wildman–Crippen MR) is 109 cm³/mol. The van der Waals surface area contributed by atoms with Gasteiger partial charge in [0.2, 0.25) is 11.9 Å². The number of hydrogen-bond acceptors (Lipinski definition) is 7. The molecule has 0 unspecified atom stereocenters. The highest BCUT2D eigenvalue weighted by molar-refractivity contribution is 5.89. The van der Waals surface area contributed by atoms with Crippen LogP contribution in [0.4, 0.5) is 23.0 Å². The summed E-state index contributed by atoms with van der Waals surface area (Å²) in [6, 6.07) is 12.5. The molecule has 1 heterocycles. The van der Waals surface area contributed by atoms with Crippen molar-refractivity contribution >= 4 is 28.9 Å². The number of hydrogen-bond donors (Lipinski definition) is 3. The van der Waals surface area contributed by atoms with Crippen LogP contribution in [-0.2, 0) is 4.79 Å². The first-order valence-corrected chi connectivity index (χ1v) is 8.49. The minimum absolute atomic E-state index is 0.172. The molecule has 3 rings (SSSR count). The van der Waals surface area contributed by atoms with Gasteiger partial charge in [-0.15, -0.1) is 0 Å². The normalized spacial score (nSPS) is 10.2. The molecule has 28 heavy (non-hydrogen) atoms. The Bertz CT molecular complexity index is 1010. The van der Waals surface area contributed by atoms with Crippen LogP contribution < -0.4 is 25.8 Å². The van der Waals surface area contributed by atoms with Gasteiger partial charge in [0.05, 0.1) is 25.6 Å². The zero-order valence-corrected chi connectivity index (χ0v) is 15.8. The minimum atomic E-state index is -0.172. The van der Waals surface area contributed by atoms with Gasteiger partial charge in [0.1, 0.15) is 11.5 Å². The van der Waals surface area contributed by atoms with E-state index in [-0.39, 0.29) is 5.91 Å². The first kappa shape index (κ1) is 19.0. The van der Waals surface area contributed by atoms with Crippen molar-refractivity contribution in [3.8, 4) is 22.8 Å². The molecule has 144 valence electrons. The average Bonchev–Trinajstić information content (AvgIpc) is 2.67. The molecule has 0 radical (unpaired) electrons. The monoisotopic (exact) mass is 379 g/mol. The molecule has 1 amide bonds. The molecule has 0 aliphatic carbocycles. The van der Waals surface area contributed by atoms with E-state index in [4.69, 9.17) is 15.2 Å². The van der Waals surface area contributed by atoms with Crippen molar-refractivity contribution in [1.82, 2.24) is 9.97 Å². The number of ether oxygens (including phenoxy) is 2. The summed E-state index contributed by atoms with van der Waals surface area (Å²) >= 11 is 0. The number of rotatable bonds is 6. The summed E-state index contributed by atoms with van der Waals surface area (Å²) in [6.07, 6.45) is 1.65. The Morgan fingerprint density at radius 2 is 1.82 bits per heavy atom. The van der Waals surface area contributed by atoms with Gasteiger partial charge >= 0.3 is 0 Å². The molecule has 8 heteroatoms. The third-order valence-corrected chi connectivity index (χ3v) is 3.90. The standard InChI is InChI=1S/C20H21N5O3/c1-12(26)23-14-9-15(11-16(10-14)27-2)24-20-22-7-6-18(25-20)13-4-5-19(28-3)17(21)8-13/h4-11H,21H2,1-3H3,(H,23,26)(H,22,24,25). The highest BCUT2D eigenvalue weighted by atomic mass is 16.5. The first-order valence-electron chi connectivity index (χ1n) is 8.49. The van der Waals surface area contributed by atoms with Crippen LogP contribution in [0.2, 0.25) is 0 Å². The molecule has 0 aliphatic heterocycles. The largest absolute Gasteiger partial charge is 0.497 e. The van der Waals surface area contributed by atoms with Crippen LogP contribution >= 0.6 is 0 Å². The Hall–Kier alpha value is -3.81. The highest BCUT2D eigenvalue weighted by Crippen LogP contribution is 2.29. The second-order valence-corrected chi connectivity index (χ2v) is 5.98. The number of nitrogens with one attached hydrogen (secondary N) is 2. The third-order valence-electron chi connectivity index (χ3n) is 3.90. The molecule has 1 aromatic heterocycles. The van der Waals surface area contributed by atoms with E-state index in [9.17, 15) is 4.79 Å². The van der Waals surface area contributed by atoms with Crippen molar-refractivity contribution in [3.63, 3.8) is 0 Å². The minimum Gasteiger partial charge on any atom is -0.497 e. The lowest BCUT2D eigenvalue weighted by atomic mass is 10.1. The molecule has 0 aliphatic rings. The number of nitrogens with two attached hydrogens (primary N) is 1. The van der Waals surface area contributed by atoms with Gasteiger partial charge in [-0.1, -0.05) is 0 Å². The van der Waals surface area contributed by atoms with E-state index in [0.29, 0.717) is 40.2 Å². The summed E-state index contributed by atoms with van der Waals surface area (Å²) in [6.45, 7) is 1.44. The molecule has 2 aromatic carbocycles. The molecular weight excluding hydrogens is 358 g/mol. The quantitative estimate of drug-likeness (QED) is 0.563. The molecule has 0 saturated heterocycles. The van der Waals surface area contributed by atoms with Gasteiger partial charge in [0.25, 0.3) is 0 Å². The second-order valence-electron chi connectivity index (χ2n) is 5.98. The lowest BCUT2D eigenvalue weighted by Gasteiger charge is -2.11. The molecule has 8 nitrogen and oxygen atoms in total. The Labute approximate surface area is 162 Å². The highest BCUT2D eigenvalue weighted by Gasteiger charge is 2.08. The number of amides is 1. The van der Waals surface area contributed by atoms with Crippen molar-refractivity contribution in [1.29, 1.82) is 0 Å². The van der Waals surface area contributed by atoms with Crippen molar-refractivity contribution in [2.45, 2.75) is 6.92 Å². The third kappa shape index (κ3) is 4.47. The average molecular weight is 379 g/mol. The van der Waals surface area contributed by atoms with Crippen LogP contribution in [0.3, 0.4) is 0 Å². The summed E-state index contributed by atoms with van der Waals surface area (Å²) in [5.41, 5.74) is 9.34. The topological polar surface area (TPSA) is 111 Å². The van der Waals surface area contributed by atoms with Gasteiger partial charge in [-0.2, -0.15) is 0 Å². The van der Waals surface area contributed by atoms with E-state index in [2.05, 4.69) is 20.6 Å². The summed E-state index contributed by atoms with van der Waals surface area (Å²) in [5, 5.41) is 5.86. The second kappa shape index (κ2) is 8.26. The fraction of sp³-hybridized carbons (Fsp3) is 0.150. The number of methoxy groups -OCH3 is 2. The summed E-state index contributed by atoms with van der Waals surface area (Å²) in [7, 11) is 3.13. The smallest absolute Gasteiger partial charge is 0.227 e. The zero-order chi connectivity index (χ0) is 20.1. The van der Waals surface area contributed by atoms with Crippen LogP contribution in [0, 0.1) is 0 Å². The van der Waals surface area contributed by atoms with Gasteiger partial charge in [-0.05, 0) is 30.3 Å². The van der Waals surface area contributed by atoms with Crippen molar-refractivity contribution in [2.75, 3.05) is 30.6 Å². The predicted octanol–water partition coefficient (Wildman–Crippen LogP) is 3.45. The molecule has 0 fully saturated rings. The van der Waals surface area contributed by atoms with E-state index in [1.165, 1.54) is 6.92 Å². The lowest BCUT2D eigenvalue weighted by Crippen LogP contribution is -2.06. The Morgan fingerprint density at radius 3 is 2.50 bits per heavy atom. The van der Waals surface area contributed by atoms with Gasteiger partial charge in [-0.3, -0.25) is 4.79 Å². The van der Waals surface area contributed by atoms with E-state index in [1.807, 2.05) is 6.07 Å². The van der Waals surface area contributed by atoms with Crippen LogP contribution in [-0.4, -0.2) is 30.1 Å². The van der Waals surface area contributed by atoms with Crippen molar-refractivity contribution in [2.24, 2.45) is 0 Å². The molecule has 0 bridgehead atoms. The van der Waals surface area contributed by atoms with Crippen molar-refractivity contribution in [3.05, 3.63) is 48.7 Å². The van der Waals surface area contributed by atoms with E-state index in [0.717, 1.165) is 5.56 Å². The maximum absolute atomic E-state index is 11.3. The van der Waals surface area contributed by atoms with Gasteiger partial charge in [-0.25, -0.2) is 9.97 Å². The molecule has 4 N–H and O–H groups in total. The fourth-order valence-electron chi connectivity index (χ4n) is 2.67. The Morgan fingerprint density at radius 1 is 1.04 bits per heavy atom. The summed E-state index contributed by atoms with van der Waals surface area (Å²) < 4.78 is 10.5. The van der Waals surface area contributed by atoms with Crippen LogP contribution in [0.25, 0.3) is 11.3 Å². The maximum atomic E-state index is 11.3. The number of aromatic nitrogens is 2. The number of nitrogens with zero attached hydrogens (tertiary/aromatic N) is 2. The zero-order valence-electron chi connectivity index (χ0n) is 15.8. The SMILES string of the molecule is COc1cc(NC(C)=O)cc(Nc2nccc(-c3ccc(OC)c(N)c3)n2)c1. The van der Waals surface area contributed by atoms with Gasteiger partial charge in [0, 0.05) is 42.2 Å². The lowest BCUT2D eigenvalue weighted by molar-refractivity contribution is -0.114. The van der Waals surface area contributed by atoms with E-state index in [1.54, 1.807) is 56.8 Å². The van der Waals surface area contributed by atoms with E-state index >= 15 is 0 Å². The molecule has 3 aromatic rings. The molecule has 0 atom stereocenters. The first-order chi connectivity index (χ1) is 13.5. The molecule has 0 saturated carbocycles. The fourth-order valence-corrected chi connectivity index (χ4v) is 2.67. The molecule has 0 spiro atoms. The Kier molecular flexibility index (Phi) is 5.59. The number of nitrogen functional groups attached to an aromatic ring is 1. The number of carbonyl (C=O) groups is 1. The van der Waals surface area contributed by atoms with Crippen LogP contribution in [0.5, 0.6) is 11.5 Å². The number of anilines is 4. The molecular formula is C20H21N5O3. The number of carbonyl (C=O) groups excluding carboxylic acids is 1. The van der Waals surface area contributed by atoms with Gasteiger partial charge < -0.3 is 25.8 Å². The van der Waals surface area contributed by atoms with Crippen LogP contribution in [0.15, 0.2) is 48.7 Å². The van der Waals surface area contributed by atoms with E-state index < -0.39 is 0 Å². The Balaban J connectivity index is 1.89. The van der Waals surface area contributed by atoms with Gasteiger partial charge in [0.15, 0.2) is 0 Å². The van der Waals surface area contributed by atoms with Crippen molar-refractivity contribution < 1.29 is 14.3 Å². The summed E-state index contributed by atoms with van der Waals surface area (Å²) in [5.74, 6) is 1.43. The number of benzene rings is 2.